The molecule has 0 aliphatic carbocycles. The van der Waals surface area contributed by atoms with E-state index in [9.17, 15) is 4.79 Å². The number of para-hydroxylation sites is 1. The van der Waals surface area contributed by atoms with Crippen molar-refractivity contribution < 1.29 is 15.0 Å². The quantitative estimate of drug-likeness (QED) is 0.463. The molecule has 18 heavy (non-hydrogen) atoms. The molecule has 0 bridgehead atoms. The van der Waals surface area contributed by atoms with Gasteiger partial charge in [-0.3, -0.25) is 0 Å². The Labute approximate surface area is 114 Å². The van der Waals surface area contributed by atoms with Crippen molar-refractivity contribution in [1.82, 2.24) is 0 Å². The van der Waals surface area contributed by atoms with Crippen LogP contribution in [0.1, 0.15) is 10.4 Å². The van der Waals surface area contributed by atoms with E-state index in [0.717, 1.165) is 24.6 Å². The Morgan fingerprint density at radius 3 is 1.94 bits per heavy atom. The number of hydrogen-bond donors (Lipinski definition) is 4. The largest absolute Gasteiger partial charge is 0.507 e. The van der Waals surface area contributed by atoms with Gasteiger partial charge in [0, 0.05) is 24.6 Å². The second kappa shape index (κ2) is 11.2. The molecular weight excluding hydrogens is 272 g/mol. The summed E-state index contributed by atoms with van der Waals surface area (Å²) in [5.41, 5.74) is 10.4. The minimum atomic E-state index is -1.11. The average Bonchev–Trinajstić information content (AvgIpc) is 2.36. The van der Waals surface area contributed by atoms with Gasteiger partial charge in [-0.15, -0.1) is 0 Å². The maximum atomic E-state index is 10.3. The van der Waals surface area contributed by atoms with Gasteiger partial charge in [0.15, 0.2) is 0 Å². The molecule has 102 valence electrons. The molecule has 0 aromatic heterocycles. The summed E-state index contributed by atoms with van der Waals surface area (Å²) in [4.78, 5) is 10.3. The molecule has 0 unspecified atom stereocenters. The lowest BCUT2D eigenvalue weighted by atomic mass is 10.2. The van der Waals surface area contributed by atoms with Gasteiger partial charge in [-0.25, -0.2) is 4.79 Å². The minimum absolute atomic E-state index is 0.0671. The van der Waals surface area contributed by atoms with Crippen LogP contribution in [0.25, 0.3) is 0 Å². The second-order valence-electron chi connectivity index (χ2n) is 3.04. The second-order valence-corrected chi connectivity index (χ2v) is 5.75. The molecular formula is C11H18N2O3S2. The topological polar surface area (TPSA) is 110 Å². The van der Waals surface area contributed by atoms with Crippen LogP contribution in [0.3, 0.4) is 0 Å². The zero-order valence-electron chi connectivity index (χ0n) is 9.91. The van der Waals surface area contributed by atoms with Crippen LogP contribution in [0.2, 0.25) is 0 Å². The van der Waals surface area contributed by atoms with E-state index < -0.39 is 5.97 Å². The van der Waals surface area contributed by atoms with E-state index in [2.05, 4.69) is 0 Å². The molecule has 5 nitrogen and oxygen atoms in total. The van der Waals surface area contributed by atoms with Crippen LogP contribution in [0.15, 0.2) is 24.3 Å². The van der Waals surface area contributed by atoms with Crippen LogP contribution in [0.5, 0.6) is 5.75 Å². The average molecular weight is 290 g/mol. The van der Waals surface area contributed by atoms with E-state index in [4.69, 9.17) is 21.7 Å². The summed E-state index contributed by atoms with van der Waals surface area (Å²) in [7, 11) is 3.58. The highest BCUT2D eigenvalue weighted by Gasteiger charge is 2.05. The molecule has 0 saturated heterocycles. The Morgan fingerprint density at radius 1 is 1.11 bits per heavy atom. The predicted molar refractivity (Wildman–Crippen MR) is 78.1 cm³/mol. The minimum Gasteiger partial charge on any atom is -0.507 e. The molecule has 1 aromatic carbocycles. The zero-order valence-corrected chi connectivity index (χ0v) is 11.5. The van der Waals surface area contributed by atoms with Crippen molar-refractivity contribution in [2.45, 2.75) is 0 Å². The van der Waals surface area contributed by atoms with Crippen LogP contribution in [-0.4, -0.2) is 40.8 Å². The fraction of sp³-hybridized carbons (Fsp3) is 0.364. The monoisotopic (exact) mass is 290 g/mol. The van der Waals surface area contributed by atoms with Gasteiger partial charge in [-0.2, -0.15) is 0 Å². The number of benzene rings is 1. The Morgan fingerprint density at radius 2 is 1.61 bits per heavy atom. The smallest absolute Gasteiger partial charge is 0.339 e. The van der Waals surface area contributed by atoms with Gasteiger partial charge in [0.1, 0.15) is 11.3 Å². The maximum Gasteiger partial charge on any atom is 0.339 e. The van der Waals surface area contributed by atoms with Gasteiger partial charge in [-0.1, -0.05) is 33.7 Å². The van der Waals surface area contributed by atoms with Crippen molar-refractivity contribution in [1.29, 1.82) is 0 Å². The third-order valence-corrected chi connectivity index (χ3v) is 4.09. The molecule has 0 spiro atoms. The summed E-state index contributed by atoms with van der Waals surface area (Å²) in [6.45, 7) is 1.53. The maximum absolute atomic E-state index is 10.3. The Hall–Kier alpha value is -0.890. The van der Waals surface area contributed by atoms with Gasteiger partial charge >= 0.3 is 5.97 Å². The molecule has 0 fully saturated rings. The molecule has 1 aromatic rings. The first-order valence-electron chi connectivity index (χ1n) is 5.29. The van der Waals surface area contributed by atoms with Crippen LogP contribution in [0.4, 0.5) is 0 Å². The molecule has 0 atom stereocenters. The first-order chi connectivity index (χ1) is 8.63. The molecule has 0 saturated carbocycles. The van der Waals surface area contributed by atoms with Crippen LogP contribution >= 0.6 is 21.6 Å². The van der Waals surface area contributed by atoms with Gasteiger partial charge in [0.25, 0.3) is 0 Å². The molecule has 1 rings (SSSR count). The van der Waals surface area contributed by atoms with Crippen LogP contribution < -0.4 is 11.5 Å². The molecule has 0 radical (unpaired) electrons. The van der Waals surface area contributed by atoms with Crippen molar-refractivity contribution >= 4 is 27.6 Å². The van der Waals surface area contributed by atoms with Crippen molar-refractivity contribution in [3.05, 3.63) is 29.8 Å². The lowest BCUT2D eigenvalue weighted by molar-refractivity contribution is 0.0694. The van der Waals surface area contributed by atoms with Crippen molar-refractivity contribution in [2.24, 2.45) is 11.5 Å². The van der Waals surface area contributed by atoms with E-state index in [1.165, 1.54) is 12.1 Å². The predicted octanol–water partition coefficient (Wildman–Crippen LogP) is 1.38. The van der Waals surface area contributed by atoms with Crippen molar-refractivity contribution in [2.75, 3.05) is 24.6 Å². The number of aromatic carboxylic acids is 1. The summed E-state index contributed by atoms with van der Waals surface area (Å²) in [5, 5.41) is 17.3. The number of carbonyl (C=O) groups is 1. The summed E-state index contributed by atoms with van der Waals surface area (Å²) < 4.78 is 0. The molecule has 0 heterocycles. The highest BCUT2D eigenvalue weighted by Crippen LogP contribution is 2.18. The lowest BCUT2D eigenvalue weighted by Gasteiger charge is -1.95. The molecule has 7 heteroatoms. The van der Waals surface area contributed by atoms with E-state index in [-0.39, 0.29) is 11.3 Å². The Kier molecular flexibility index (Phi) is 10.7. The van der Waals surface area contributed by atoms with E-state index in [0.29, 0.717) is 0 Å². The Bertz CT molecular complexity index is 345. The van der Waals surface area contributed by atoms with E-state index >= 15 is 0 Å². The third-order valence-electron chi connectivity index (χ3n) is 1.62. The summed E-state index contributed by atoms with van der Waals surface area (Å²) in [6, 6.07) is 5.81. The molecule has 0 amide bonds. The lowest BCUT2D eigenvalue weighted by Crippen LogP contribution is -2.02. The first kappa shape index (κ1) is 17.1. The van der Waals surface area contributed by atoms with Crippen molar-refractivity contribution in [3.8, 4) is 5.75 Å². The number of nitrogens with two attached hydrogens (primary N) is 2. The zero-order chi connectivity index (χ0) is 13.8. The van der Waals surface area contributed by atoms with Crippen molar-refractivity contribution in [3.63, 3.8) is 0 Å². The summed E-state index contributed by atoms with van der Waals surface area (Å²) in [5.74, 6) is 0.753. The normalized spacial score (nSPS) is 9.44. The highest BCUT2D eigenvalue weighted by atomic mass is 33.1. The highest BCUT2D eigenvalue weighted by molar-refractivity contribution is 8.76. The standard InChI is InChI=1S/C7H6O3.C4H12N2S2/c8-6-4-2-1-3-5(6)7(9)10;5-1-3-7-8-4-2-6/h1-4,8H,(H,9,10);1-6H2. The number of hydrogen-bond acceptors (Lipinski definition) is 6. The molecule has 0 aliphatic rings. The summed E-state index contributed by atoms with van der Waals surface area (Å²) >= 11 is 0. The number of aromatic hydroxyl groups is 1. The third kappa shape index (κ3) is 8.24. The van der Waals surface area contributed by atoms with E-state index in [1.54, 1.807) is 33.7 Å². The number of carboxylic acid groups (broad SMARTS) is 1. The van der Waals surface area contributed by atoms with Gasteiger partial charge < -0.3 is 21.7 Å². The summed E-state index contributed by atoms with van der Waals surface area (Å²) in [6.07, 6.45) is 0. The number of carboxylic acids is 1. The molecule has 0 aliphatic heterocycles. The number of phenols is 1. The van der Waals surface area contributed by atoms with Gasteiger partial charge in [0.05, 0.1) is 0 Å². The fourth-order valence-electron chi connectivity index (χ4n) is 0.869. The molecule has 6 N–H and O–H groups in total. The fourth-order valence-corrected chi connectivity index (χ4v) is 2.58. The Balaban J connectivity index is 0.000000331. The van der Waals surface area contributed by atoms with Gasteiger partial charge in [0.2, 0.25) is 0 Å². The number of rotatable bonds is 6. The first-order valence-corrected chi connectivity index (χ1v) is 7.78. The van der Waals surface area contributed by atoms with E-state index in [1.807, 2.05) is 0 Å². The van der Waals surface area contributed by atoms with Crippen LogP contribution in [0, 0.1) is 0 Å². The SMILES string of the molecule is NCCSSCCN.O=C(O)c1ccccc1O. The van der Waals surface area contributed by atoms with Gasteiger partial charge in [-0.05, 0) is 12.1 Å². The van der Waals surface area contributed by atoms with Crippen LogP contribution in [-0.2, 0) is 0 Å².